The van der Waals surface area contributed by atoms with Gasteiger partial charge >= 0.3 is 11.9 Å². The minimum atomic E-state index is -4.03. The van der Waals surface area contributed by atoms with E-state index < -0.39 is 64.4 Å². The van der Waals surface area contributed by atoms with E-state index in [-0.39, 0.29) is 79.5 Å². The first-order valence-electron chi connectivity index (χ1n) is 21.8. The number of hydrogen-bond acceptors (Lipinski definition) is 11. The molecule has 6 aromatic carbocycles. The molecular formula is C53H65ClF3N5O11S3. The Morgan fingerprint density at radius 1 is 0.474 bits per heavy atom. The minimum Gasteiger partial charge on any atom is -0.478 e. The summed E-state index contributed by atoms with van der Waals surface area (Å²) in [6, 6.07) is 28.3. The smallest absolute Gasteiger partial charge is 0.337 e. The third-order valence-corrected chi connectivity index (χ3v) is 14.5. The third kappa shape index (κ3) is 19.6. The maximum Gasteiger partial charge on any atom is 0.337 e. The molecule has 0 saturated heterocycles. The summed E-state index contributed by atoms with van der Waals surface area (Å²) in [5.74, 6) is -0.120. The Bertz CT molecular complexity index is 3330. The van der Waals surface area contributed by atoms with E-state index in [9.17, 15) is 52.8 Å². The lowest BCUT2D eigenvalue weighted by atomic mass is 9.87. The van der Waals surface area contributed by atoms with Crippen molar-refractivity contribution >= 4 is 74.7 Å². The molecule has 6 aromatic rings. The highest BCUT2D eigenvalue weighted by molar-refractivity contribution is 8.13. The van der Waals surface area contributed by atoms with Crippen LogP contribution in [0.25, 0.3) is 0 Å². The molecule has 0 aliphatic rings. The van der Waals surface area contributed by atoms with Crippen molar-refractivity contribution < 1.29 is 63.0 Å². The van der Waals surface area contributed by atoms with Gasteiger partial charge in [0, 0.05) is 16.4 Å². The average Bonchev–Trinajstić information content (AvgIpc) is 3.28. The highest BCUT2D eigenvalue weighted by Gasteiger charge is 2.23. The molecule has 0 radical (unpaired) electrons. The Morgan fingerprint density at radius 3 is 1.05 bits per heavy atom. The minimum absolute atomic E-state index is 0. The second kappa shape index (κ2) is 26.7. The predicted octanol–water partition coefficient (Wildman–Crippen LogP) is 11.4. The number of hydrogen-bond donors (Lipinski definition) is 7. The molecule has 0 aliphatic heterocycles. The second-order valence-corrected chi connectivity index (χ2v) is 25.1. The lowest BCUT2D eigenvalue weighted by molar-refractivity contribution is 0.0687. The fraction of sp³-hybridized carbons (Fsp3) is 0.264. The third-order valence-electron chi connectivity index (χ3n) is 10.4. The first-order valence-corrected chi connectivity index (χ1v) is 27.1. The molecule has 0 aromatic heterocycles. The molecule has 0 fully saturated rings. The van der Waals surface area contributed by atoms with Crippen molar-refractivity contribution in [2.45, 2.75) is 108 Å². The molecular weight excluding hydrogens is 1070 g/mol. The van der Waals surface area contributed by atoms with Gasteiger partial charge in [-0.25, -0.2) is 53.9 Å². The summed E-state index contributed by atoms with van der Waals surface area (Å²) < 4.78 is 115. The molecule has 0 spiro atoms. The van der Waals surface area contributed by atoms with Crippen molar-refractivity contribution in [2.24, 2.45) is 5.84 Å². The van der Waals surface area contributed by atoms with E-state index in [1.54, 1.807) is 36.4 Å². The molecule has 414 valence electrons. The summed E-state index contributed by atoms with van der Waals surface area (Å²) in [5, 5.41) is 17.5. The van der Waals surface area contributed by atoms with Crippen LogP contribution in [0.3, 0.4) is 0 Å². The number of carboxylic acid groups (broad SMARTS) is 2. The summed E-state index contributed by atoms with van der Waals surface area (Å²) in [5.41, 5.74) is 8.83. The fourth-order valence-electron chi connectivity index (χ4n) is 6.19. The molecule has 9 N–H and O–H groups in total. The van der Waals surface area contributed by atoms with E-state index >= 15 is 0 Å². The van der Waals surface area contributed by atoms with Gasteiger partial charge in [0.2, 0.25) is 0 Å². The summed E-state index contributed by atoms with van der Waals surface area (Å²) >= 11 is 0. The van der Waals surface area contributed by atoms with Crippen molar-refractivity contribution in [3.63, 3.8) is 0 Å². The monoisotopic (exact) mass is 1140 g/mol. The number of amides is 1. The highest BCUT2D eigenvalue weighted by atomic mass is 35.7. The van der Waals surface area contributed by atoms with Crippen molar-refractivity contribution in [1.82, 2.24) is 5.43 Å². The Morgan fingerprint density at radius 2 is 0.763 bits per heavy atom. The van der Waals surface area contributed by atoms with Crippen molar-refractivity contribution in [2.75, 3.05) is 15.2 Å². The molecule has 6 rings (SSSR count). The van der Waals surface area contributed by atoms with Gasteiger partial charge in [-0.1, -0.05) is 114 Å². The number of carbonyl (C=O) groups is 3. The van der Waals surface area contributed by atoms with E-state index in [2.05, 4.69) is 30.2 Å². The van der Waals surface area contributed by atoms with Crippen LogP contribution in [0.5, 0.6) is 0 Å². The summed E-state index contributed by atoms with van der Waals surface area (Å²) in [7, 11) is -6.42. The van der Waals surface area contributed by atoms with Gasteiger partial charge in [-0.15, -0.1) is 0 Å². The van der Waals surface area contributed by atoms with E-state index in [0.717, 1.165) is 71.3 Å². The summed E-state index contributed by atoms with van der Waals surface area (Å²) in [4.78, 5) is 33.3. The van der Waals surface area contributed by atoms with Gasteiger partial charge in [-0.2, -0.15) is 0 Å². The average molecular weight is 1140 g/mol. The zero-order valence-corrected chi connectivity index (χ0v) is 44.8. The van der Waals surface area contributed by atoms with Gasteiger partial charge in [-0.3, -0.25) is 19.7 Å². The number of anilines is 3. The number of hydrazine groups is 1. The van der Waals surface area contributed by atoms with Crippen LogP contribution >= 0.6 is 10.7 Å². The summed E-state index contributed by atoms with van der Waals surface area (Å²) in [6.07, 6.45) is 0. The molecule has 23 heteroatoms. The number of benzene rings is 6. The van der Waals surface area contributed by atoms with E-state index in [4.69, 9.17) is 32.5 Å². The number of carboxylic acids is 2. The molecule has 0 bridgehead atoms. The van der Waals surface area contributed by atoms with Crippen LogP contribution in [-0.4, -0.2) is 53.3 Å². The molecule has 0 atom stereocenters. The van der Waals surface area contributed by atoms with E-state index in [1.165, 1.54) is 36.4 Å². The van der Waals surface area contributed by atoms with Gasteiger partial charge in [0.25, 0.3) is 35.0 Å². The van der Waals surface area contributed by atoms with Gasteiger partial charge in [0.05, 0.1) is 42.8 Å². The molecule has 1 amide bonds. The lowest BCUT2D eigenvalue weighted by Gasteiger charge is -2.19. The lowest BCUT2D eigenvalue weighted by Crippen LogP contribution is -2.31. The fourth-order valence-corrected chi connectivity index (χ4v) is 9.10. The van der Waals surface area contributed by atoms with Crippen LogP contribution in [0.2, 0.25) is 0 Å². The molecule has 0 aliphatic carbocycles. The second-order valence-electron chi connectivity index (χ2n) is 19.2. The number of carbonyl (C=O) groups excluding carboxylic acids is 1. The highest BCUT2D eigenvalue weighted by Crippen LogP contribution is 2.29. The number of aromatic carboxylic acids is 2. The molecule has 0 unspecified atom stereocenters. The molecule has 0 saturated carbocycles. The Hall–Kier alpha value is -6.98. The van der Waals surface area contributed by atoms with Crippen LogP contribution in [0.15, 0.2) is 142 Å². The Balaban J connectivity index is 0.000000527. The van der Waals surface area contributed by atoms with E-state index in [0.29, 0.717) is 0 Å². The SMILES string of the molecule is C.C.CC(C)(C)c1ccc(S(=O)(=O)Cl)cc1.CC(C)(C)c1ccc(S(=O)(=O)Nc2cc(F)ccc2C(=O)NN)cc1.CC(C)(C)c1ccc(S(=O)(=O)Nc2cc(F)ccc2C(=O)O)cc1.Nc1cc(F)ccc1C(=O)O. The predicted molar refractivity (Wildman–Crippen MR) is 293 cm³/mol. The van der Waals surface area contributed by atoms with Crippen LogP contribution < -0.4 is 26.4 Å². The van der Waals surface area contributed by atoms with Crippen molar-refractivity contribution in [3.05, 3.63) is 178 Å². The maximum absolute atomic E-state index is 13.5. The quantitative estimate of drug-likeness (QED) is 0.0221. The first-order chi connectivity index (χ1) is 33.9. The maximum atomic E-state index is 13.5. The number of rotatable bonds is 10. The van der Waals surface area contributed by atoms with Crippen LogP contribution in [-0.2, 0) is 45.3 Å². The standard InChI is InChI=1S/C17H20FN3O3S.C17H18FNO4S.C10H13ClO2S.C7H6FNO2.2CH4/c1-17(2,3)11-4-7-13(8-5-11)25(23,24)21-15-10-12(18)6-9-14(15)16(22)20-19;1-17(2,3)11-4-7-13(8-5-11)24(22,23)19-15-10-12(18)6-9-14(15)16(20)21;1-10(2,3)8-4-6-9(7-5-8)14(11,12)13;8-4-1-2-5(7(10)11)6(9)3-4;;/h4-10,21H,19H2,1-3H3,(H,20,22);4-10,19H,1-3H3,(H,20,21);4-7H,1-3H3;1-3H,9H2,(H,10,11);2*1H4. The summed E-state index contributed by atoms with van der Waals surface area (Å²) in [6.45, 7) is 18.2. The number of halogens is 4. The number of nitrogens with two attached hydrogens (primary N) is 2. The van der Waals surface area contributed by atoms with Crippen LogP contribution in [0.1, 0.15) is 125 Å². The topological polar surface area (TPSA) is 282 Å². The van der Waals surface area contributed by atoms with Gasteiger partial charge in [-0.05, 0) is 124 Å². The first kappa shape index (κ1) is 67.0. The normalized spacial score (nSPS) is 11.4. The zero-order chi connectivity index (χ0) is 56.4. The zero-order valence-electron chi connectivity index (χ0n) is 41.6. The number of nitrogens with one attached hydrogen (secondary N) is 3. The Kier molecular flexibility index (Phi) is 23.5. The Labute approximate surface area is 448 Å². The van der Waals surface area contributed by atoms with E-state index in [1.807, 2.05) is 47.0 Å². The largest absolute Gasteiger partial charge is 0.478 e. The van der Waals surface area contributed by atoms with Gasteiger partial charge in [0.15, 0.2) is 0 Å². The van der Waals surface area contributed by atoms with Crippen molar-refractivity contribution in [3.8, 4) is 0 Å². The number of nitrogen functional groups attached to an aromatic ring is 2. The molecule has 0 heterocycles. The van der Waals surface area contributed by atoms with Crippen LogP contribution in [0.4, 0.5) is 30.2 Å². The van der Waals surface area contributed by atoms with Gasteiger partial charge < -0.3 is 15.9 Å². The molecule has 76 heavy (non-hydrogen) atoms. The van der Waals surface area contributed by atoms with Crippen LogP contribution in [0, 0.1) is 17.5 Å². The van der Waals surface area contributed by atoms with Crippen molar-refractivity contribution in [1.29, 1.82) is 0 Å². The van der Waals surface area contributed by atoms with Gasteiger partial charge in [0.1, 0.15) is 17.5 Å². The number of sulfonamides is 2. The molecule has 16 nitrogen and oxygen atoms in total.